The molecule has 0 aromatic heterocycles. The lowest BCUT2D eigenvalue weighted by molar-refractivity contribution is 0.0992. The quantitative estimate of drug-likeness (QED) is 0.666. The minimum Gasteiger partial charge on any atom is -0.495 e. The Morgan fingerprint density at radius 1 is 1.00 bits per heavy atom. The largest absolute Gasteiger partial charge is 0.495 e. The van der Waals surface area contributed by atoms with Gasteiger partial charge in [0.1, 0.15) is 10.6 Å². The van der Waals surface area contributed by atoms with Gasteiger partial charge in [0.2, 0.25) is 10.0 Å². The van der Waals surface area contributed by atoms with Crippen molar-refractivity contribution in [3.8, 4) is 5.75 Å². The van der Waals surface area contributed by atoms with Crippen molar-refractivity contribution < 1.29 is 26.4 Å². The number of nitrogens with zero attached hydrogens (tertiary/aromatic N) is 2. The van der Waals surface area contributed by atoms with Crippen molar-refractivity contribution in [1.29, 1.82) is 0 Å². The number of rotatable bonds is 6. The molecule has 1 aliphatic heterocycles. The second-order valence-electron chi connectivity index (χ2n) is 7.11. The van der Waals surface area contributed by atoms with Crippen LogP contribution >= 0.6 is 0 Å². The molecule has 3 rings (SSSR count). The number of sulfonamides is 1. The molecule has 1 heterocycles. The third kappa shape index (κ3) is 4.35. The highest BCUT2D eigenvalue weighted by Gasteiger charge is 2.31. The predicted molar refractivity (Wildman–Crippen MR) is 113 cm³/mol. The molecule has 0 saturated carbocycles. The summed E-state index contributed by atoms with van der Waals surface area (Å²) in [7, 11) is -4.20. The minimum absolute atomic E-state index is 0.0430. The molecule has 0 unspecified atom stereocenters. The van der Waals surface area contributed by atoms with Gasteiger partial charge in [-0.1, -0.05) is 0 Å². The molecular formula is C20H24N2O6S2. The maximum atomic E-state index is 13.0. The number of carbonyl (C=O) groups excluding carboxylic acids is 1. The molecule has 0 radical (unpaired) electrons. The van der Waals surface area contributed by atoms with Crippen molar-refractivity contribution in [1.82, 2.24) is 4.31 Å². The highest BCUT2D eigenvalue weighted by molar-refractivity contribution is 7.90. The Bertz CT molecular complexity index is 1150. The molecule has 1 saturated heterocycles. The number of hydrogen-bond donors (Lipinski definition) is 0. The van der Waals surface area contributed by atoms with Crippen LogP contribution in [0.3, 0.4) is 0 Å². The normalized spacial score (nSPS) is 15.2. The number of benzene rings is 2. The Morgan fingerprint density at radius 2 is 1.60 bits per heavy atom. The SMILES string of the molecule is COc1ccc(C(=O)N(C)c2ccc(S(C)(=O)=O)cc2)cc1S(=O)(=O)N1CCCC1. The van der Waals surface area contributed by atoms with E-state index in [4.69, 9.17) is 4.74 Å². The van der Waals surface area contributed by atoms with Crippen molar-refractivity contribution in [2.45, 2.75) is 22.6 Å². The Balaban J connectivity index is 1.94. The van der Waals surface area contributed by atoms with E-state index in [1.165, 1.54) is 65.8 Å². The van der Waals surface area contributed by atoms with E-state index in [1.54, 1.807) is 0 Å². The first-order valence-corrected chi connectivity index (χ1v) is 12.6. The standard InChI is InChI=1S/C20H24N2O6S2/c1-21(16-7-9-17(10-8-16)29(3,24)25)20(23)15-6-11-18(28-2)19(14-15)30(26,27)22-12-4-5-13-22/h6-11,14H,4-5,12-13H2,1-3H3. The van der Waals surface area contributed by atoms with E-state index in [-0.39, 0.29) is 21.1 Å². The summed E-state index contributed by atoms with van der Waals surface area (Å²) in [5.74, 6) is -0.249. The summed E-state index contributed by atoms with van der Waals surface area (Å²) in [5, 5.41) is 0. The van der Waals surface area contributed by atoms with Crippen LogP contribution in [0.4, 0.5) is 5.69 Å². The molecular weight excluding hydrogens is 428 g/mol. The van der Waals surface area contributed by atoms with Crippen molar-refractivity contribution >= 4 is 31.5 Å². The van der Waals surface area contributed by atoms with Crippen LogP contribution in [0.5, 0.6) is 5.75 Å². The molecule has 0 aliphatic carbocycles. The van der Waals surface area contributed by atoms with Gasteiger partial charge < -0.3 is 9.64 Å². The van der Waals surface area contributed by atoms with Gasteiger partial charge in [-0.05, 0) is 55.3 Å². The van der Waals surface area contributed by atoms with E-state index in [1.807, 2.05) is 0 Å². The van der Waals surface area contributed by atoms with Crippen molar-refractivity contribution in [2.24, 2.45) is 0 Å². The van der Waals surface area contributed by atoms with Gasteiger partial charge in [0.05, 0.1) is 12.0 Å². The topological polar surface area (TPSA) is 101 Å². The molecule has 8 nitrogen and oxygen atoms in total. The highest BCUT2D eigenvalue weighted by atomic mass is 32.2. The Kier molecular flexibility index (Phi) is 6.21. The maximum Gasteiger partial charge on any atom is 0.258 e. The number of carbonyl (C=O) groups is 1. The zero-order valence-electron chi connectivity index (χ0n) is 17.0. The van der Waals surface area contributed by atoms with Gasteiger partial charge in [-0.3, -0.25) is 4.79 Å². The Morgan fingerprint density at radius 3 is 2.13 bits per heavy atom. The fourth-order valence-corrected chi connectivity index (χ4v) is 5.64. The van der Waals surface area contributed by atoms with E-state index >= 15 is 0 Å². The molecule has 2 aromatic rings. The van der Waals surface area contributed by atoms with E-state index < -0.39 is 25.8 Å². The van der Waals surface area contributed by atoms with Crippen LogP contribution in [-0.4, -0.2) is 60.6 Å². The zero-order valence-corrected chi connectivity index (χ0v) is 18.7. The second-order valence-corrected chi connectivity index (χ2v) is 11.0. The van der Waals surface area contributed by atoms with Gasteiger partial charge in [-0.2, -0.15) is 4.31 Å². The lowest BCUT2D eigenvalue weighted by Gasteiger charge is -2.20. The van der Waals surface area contributed by atoms with Crippen molar-refractivity contribution in [2.75, 3.05) is 38.4 Å². The first-order valence-electron chi connectivity index (χ1n) is 9.32. The summed E-state index contributed by atoms with van der Waals surface area (Å²) < 4.78 is 55.9. The second kappa shape index (κ2) is 8.37. The van der Waals surface area contributed by atoms with E-state index in [0.29, 0.717) is 18.8 Å². The van der Waals surface area contributed by atoms with Crippen LogP contribution < -0.4 is 9.64 Å². The third-order valence-electron chi connectivity index (χ3n) is 5.05. The summed E-state index contributed by atoms with van der Waals surface area (Å²) in [6.07, 6.45) is 2.70. The molecule has 1 aliphatic rings. The number of anilines is 1. The van der Waals surface area contributed by atoms with Crippen LogP contribution in [0.25, 0.3) is 0 Å². The summed E-state index contributed by atoms with van der Waals surface area (Å²) in [6, 6.07) is 10.2. The summed E-state index contributed by atoms with van der Waals surface area (Å²) in [5.41, 5.74) is 0.662. The molecule has 2 aromatic carbocycles. The van der Waals surface area contributed by atoms with Crippen LogP contribution in [0.1, 0.15) is 23.2 Å². The predicted octanol–water partition coefficient (Wildman–Crippen LogP) is 2.16. The van der Waals surface area contributed by atoms with Crippen molar-refractivity contribution in [3.63, 3.8) is 0 Å². The zero-order chi connectivity index (χ0) is 22.1. The average molecular weight is 453 g/mol. The molecule has 0 spiro atoms. The van der Waals surface area contributed by atoms with Crippen molar-refractivity contribution in [3.05, 3.63) is 48.0 Å². The van der Waals surface area contributed by atoms with E-state index in [2.05, 4.69) is 0 Å². The highest BCUT2D eigenvalue weighted by Crippen LogP contribution is 2.30. The fraction of sp³-hybridized carbons (Fsp3) is 0.350. The van der Waals surface area contributed by atoms with Gasteiger partial charge in [-0.15, -0.1) is 0 Å². The van der Waals surface area contributed by atoms with Crippen LogP contribution in [0.2, 0.25) is 0 Å². The van der Waals surface area contributed by atoms with Crippen LogP contribution in [0, 0.1) is 0 Å². The first-order chi connectivity index (χ1) is 14.1. The fourth-order valence-electron chi connectivity index (χ4n) is 3.31. The molecule has 0 bridgehead atoms. The van der Waals surface area contributed by atoms with Gasteiger partial charge in [0.25, 0.3) is 5.91 Å². The smallest absolute Gasteiger partial charge is 0.258 e. The molecule has 30 heavy (non-hydrogen) atoms. The first kappa shape index (κ1) is 22.3. The molecule has 1 amide bonds. The number of amides is 1. The number of methoxy groups -OCH3 is 1. The van der Waals surface area contributed by atoms with Crippen LogP contribution in [0.15, 0.2) is 52.3 Å². The number of ether oxygens (including phenoxy) is 1. The average Bonchev–Trinajstić information content (AvgIpc) is 3.27. The monoisotopic (exact) mass is 452 g/mol. The van der Waals surface area contributed by atoms with E-state index in [9.17, 15) is 21.6 Å². The number of hydrogen-bond acceptors (Lipinski definition) is 6. The summed E-state index contributed by atoms with van der Waals surface area (Å²) in [6.45, 7) is 0.881. The minimum atomic E-state index is -3.78. The maximum absolute atomic E-state index is 13.0. The molecule has 0 N–H and O–H groups in total. The molecule has 0 atom stereocenters. The van der Waals surface area contributed by atoms with Crippen LogP contribution in [-0.2, 0) is 19.9 Å². The lowest BCUT2D eigenvalue weighted by Crippen LogP contribution is -2.29. The summed E-state index contributed by atoms with van der Waals surface area (Å²) in [4.78, 5) is 14.4. The summed E-state index contributed by atoms with van der Waals surface area (Å²) >= 11 is 0. The molecule has 10 heteroatoms. The van der Waals surface area contributed by atoms with Gasteiger partial charge in [0, 0.05) is 37.6 Å². The van der Waals surface area contributed by atoms with Gasteiger partial charge >= 0.3 is 0 Å². The molecule has 162 valence electrons. The third-order valence-corrected chi connectivity index (χ3v) is 8.10. The lowest BCUT2D eigenvalue weighted by atomic mass is 10.2. The number of sulfone groups is 1. The molecule has 1 fully saturated rings. The Labute approximate surface area is 177 Å². The van der Waals surface area contributed by atoms with Gasteiger partial charge in [0.15, 0.2) is 9.84 Å². The van der Waals surface area contributed by atoms with Gasteiger partial charge in [-0.25, -0.2) is 16.8 Å². The van der Waals surface area contributed by atoms with E-state index in [0.717, 1.165) is 19.1 Å². The Hall–Kier alpha value is -2.43.